The van der Waals surface area contributed by atoms with Crippen LogP contribution in [-0.2, 0) is 6.54 Å². The molecule has 7 nitrogen and oxygen atoms in total. The van der Waals surface area contributed by atoms with E-state index in [9.17, 15) is 0 Å². The number of anilines is 1. The van der Waals surface area contributed by atoms with Crippen molar-refractivity contribution < 1.29 is 0 Å². The van der Waals surface area contributed by atoms with Crippen molar-refractivity contribution in [2.45, 2.75) is 32.9 Å². The van der Waals surface area contributed by atoms with Crippen molar-refractivity contribution in [3.8, 4) is 11.5 Å². The van der Waals surface area contributed by atoms with E-state index in [1.54, 1.807) is 0 Å². The average Bonchev–Trinajstić information content (AvgIpc) is 3.07. The molecule has 0 spiro atoms. The zero-order valence-electron chi connectivity index (χ0n) is 11.3. The van der Waals surface area contributed by atoms with Crippen LogP contribution in [0.3, 0.4) is 0 Å². The monoisotopic (exact) mass is 261 g/mol. The second-order valence-electron chi connectivity index (χ2n) is 4.97. The van der Waals surface area contributed by atoms with Gasteiger partial charge < -0.3 is 10.6 Å². The van der Waals surface area contributed by atoms with E-state index in [0.717, 1.165) is 49.2 Å². The molecule has 3 N–H and O–H groups in total. The Labute approximate surface area is 111 Å². The van der Waals surface area contributed by atoms with Gasteiger partial charge in [0.15, 0.2) is 5.82 Å². The average molecular weight is 261 g/mol. The summed E-state index contributed by atoms with van der Waals surface area (Å²) in [5.74, 6) is 1.49. The summed E-state index contributed by atoms with van der Waals surface area (Å²) in [6.45, 7) is 6.60. The zero-order valence-corrected chi connectivity index (χ0v) is 11.3. The van der Waals surface area contributed by atoms with Crippen LogP contribution in [0.25, 0.3) is 11.5 Å². The van der Waals surface area contributed by atoms with Gasteiger partial charge in [0.25, 0.3) is 0 Å². The van der Waals surface area contributed by atoms with Gasteiger partial charge in [-0.1, -0.05) is 0 Å². The molecule has 0 aromatic carbocycles. The number of nitrogens with two attached hydrogens (primary N) is 1. The van der Waals surface area contributed by atoms with Gasteiger partial charge in [-0.3, -0.25) is 9.78 Å². The molecule has 102 valence electrons. The molecule has 0 saturated carbocycles. The highest BCUT2D eigenvalue weighted by molar-refractivity contribution is 5.52. The van der Waals surface area contributed by atoms with E-state index in [-0.39, 0.29) is 6.04 Å². The van der Waals surface area contributed by atoms with Crippen molar-refractivity contribution in [1.29, 1.82) is 0 Å². The Kier molecular flexibility index (Phi) is 2.98. The second kappa shape index (κ2) is 4.65. The molecule has 1 fully saturated rings. The fourth-order valence-corrected chi connectivity index (χ4v) is 2.46. The lowest BCUT2D eigenvalue weighted by atomic mass is 10.3. The molecule has 3 heterocycles. The topological polar surface area (TPSA) is 88.7 Å². The highest BCUT2D eigenvalue weighted by Crippen LogP contribution is 2.21. The maximum absolute atomic E-state index is 5.91. The Bertz CT molecular complexity index is 570. The number of hydrogen-bond donors (Lipinski definition) is 2. The van der Waals surface area contributed by atoms with Crippen LogP contribution in [-0.4, -0.2) is 44.1 Å². The van der Waals surface area contributed by atoms with E-state index in [0.29, 0.717) is 0 Å². The minimum atomic E-state index is 0.227. The minimum absolute atomic E-state index is 0.227. The molecule has 0 radical (unpaired) electrons. The summed E-state index contributed by atoms with van der Waals surface area (Å²) < 4.78 is 1.93. The van der Waals surface area contributed by atoms with Crippen molar-refractivity contribution >= 4 is 5.95 Å². The molecule has 3 rings (SSSR count). The van der Waals surface area contributed by atoms with Crippen LogP contribution in [0.15, 0.2) is 6.07 Å². The summed E-state index contributed by atoms with van der Waals surface area (Å²) >= 11 is 0. The predicted molar refractivity (Wildman–Crippen MR) is 72.8 cm³/mol. The maximum atomic E-state index is 5.91. The fraction of sp³-hybridized carbons (Fsp3) is 0.583. The van der Waals surface area contributed by atoms with Crippen molar-refractivity contribution in [2.24, 2.45) is 5.73 Å². The highest BCUT2D eigenvalue weighted by atomic mass is 15.4. The zero-order chi connectivity index (χ0) is 13.4. The summed E-state index contributed by atoms with van der Waals surface area (Å²) in [6, 6.07) is 2.24. The Hall–Kier alpha value is -1.89. The van der Waals surface area contributed by atoms with E-state index < -0.39 is 0 Å². The number of aryl methyl sites for hydroxylation is 2. The quantitative estimate of drug-likeness (QED) is 0.841. The Morgan fingerprint density at radius 2 is 2.37 bits per heavy atom. The van der Waals surface area contributed by atoms with Crippen molar-refractivity contribution in [2.75, 3.05) is 18.0 Å². The molecule has 0 amide bonds. The van der Waals surface area contributed by atoms with Crippen molar-refractivity contribution in [3.05, 3.63) is 11.8 Å². The molecule has 1 unspecified atom stereocenters. The summed E-state index contributed by atoms with van der Waals surface area (Å²) in [7, 11) is 0. The lowest BCUT2D eigenvalue weighted by Gasteiger charge is -2.11. The van der Waals surface area contributed by atoms with Gasteiger partial charge in [0.1, 0.15) is 5.69 Å². The van der Waals surface area contributed by atoms with E-state index in [1.165, 1.54) is 0 Å². The maximum Gasteiger partial charge on any atom is 0.245 e. The summed E-state index contributed by atoms with van der Waals surface area (Å²) in [6.07, 6.45) is 0.996. The third-order valence-corrected chi connectivity index (χ3v) is 3.43. The first-order chi connectivity index (χ1) is 9.17. The molecular weight excluding hydrogens is 242 g/mol. The number of rotatable bonds is 3. The van der Waals surface area contributed by atoms with Crippen LogP contribution >= 0.6 is 0 Å². The Balaban J connectivity index is 1.88. The van der Waals surface area contributed by atoms with Gasteiger partial charge in [-0.2, -0.15) is 10.1 Å². The molecule has 1 saturated heterocycles. The number of aromatic nitrogens is 5. The molecule has 2 aromatic rings. The van der Waals surface area contributed by atoms with Gasteiger partial charge >= 0.3 is 0 Å². The largest absolute Gasteiger partial charge is 0.338 e. The molecule has 1 aliphatic heterocycles. The first-order valence-corrected chi connectivity index (χ1v) is 6.65. The number of aromatic amines is 1. The van der Waals surface area contributed by atoms with Crippen LogP contribution in [0, 0.1) is 6.92 Å². The van der Waals surface area contributed by atoms with Gasteiger partial charge in [-0.05, 0) is 26.3 Å². The summed E-state index contributed by atoms with van der Waals surface area (Å²) in [5, 5.41) is 11.7. The third kappa shape index (κ3) is 2.21. The van der Waals surface area contributed by atoms with E-state index in [4.69, 9.17) is 5.73 Å². The van der Waals surface area contributed by atoms with Gasteiger partial charge in [0.05, 0.1) is 5.69 Å². The lowest BCUT2D eigenvalue weighted by Crippen LogP contribution is -2.26. The van der Waals surface area contributed by atoms with Crippen LogP contribution in [0.1, 0.15) is 19.0 Å². The van der Waals surface area contributed by atoms with E-state index in [1.807, 2.05) is 17.7 Å². The highest BCUT2D eigenvalue weighted by Gasteiger charge is 2.23. The number of nitrogens with one attached hydrogen (secondary N) is 1. The molecule has 1 atom stereocenters. The molecule has 1 aliphatic rings. The van der Waals surface area contributed by atoms with Gasteiger partial charge in [0.2, 0.25) is 5.95 Å². The minimum Gasteiger partial charge on any atom is -0.338 e. The summed E-state index contributed by atoms with van der Waals surface area (Å²) in [5.41, 5.74) is 7.87. The Morgan fingerprint density at radius 3 is 3.05 bits per heavy atom. The van der Waals surface area contributed by atoms with Crippen LogP contribution in [0.4, 0.5) is 5.95 Å². The molecule has 19 heavy (non-hydrogen) atoms. The van der Waals surface area contributed by atoms with E-state index in [2.05, 4.69) is 32.1 Å². The molecule has 2 aromatic heterocycles. The summed E-state index contributed by atoms with van der Waals surface area (Å²) in [4.78, 5) is 6.68. The molecule has 0 bridgehead atoms. The SMILES string of the molecule is CCn1nc(C)cc1-c1nc(N2CCC(N)C2)n[nH]1. The second-order valence-corrected chi connectivity index (χ2v) is 4.97. The Morgan fingerprint density at radius 1 is 1.53 bits per heavy atom. The number of nitrogens with zero attached hydrogens (tertiary/aromatic N) is 5. The number of hydrogen-bond acceptors (Lipinski definition) is 5. The normalized spacial score (nSPS) is 19.3. The fourth-order valence-electron chi connectivity index (χ4n) is 2.46. The molecular formula is C12H19N7. The van der Waals surface area contributed by atoms with E-state index >= 15 is 0 Å². The van der Waals surface area contributed by atoms with Crippen LogP contribution in [0.2, 0.25) is 0 Å². The predicted octanol–water partition coefficient (Wildman–Crippen LogP) is 0.534. The van der Waals surface area contributed by atoms with Crippen molar-refractivity contribution in [1.82, 2.24) is 25.0 Å². The first kappa shape index (κ1) is 12.2. The van der Waals surface area contributed by atoms with Gasteiger partial charge in [-0.25, -0.2) is 0 Å². The molecule has 7 heteroatoms. The lowest BCUT2D eigenvalue weighted by molar-refractivity contribution is 0.657. The smallest absolute Gasteiger partial charge is 0.245 e. The van der Waals surface area contributed by atoms with Gasteiger partial charge in [-0.15, -0.1) is 5.10 Å². The standard InChI is InChI=1S/C12H19N7/c1-3-19-10(6-8(2)17-19)11-14-12(16-15-11)18-5-4-9(13)7-18/h6,9H,3-5,7,13H2,1-2H3,(H,14,15,16). The van der Waals surface area contributed by atoms with Crippen LogP contribution < -0.4 is 10.6 Å². The third-order valence-electron chi connectivity index (χ3n) is 3.43. The first-order valence-electron chi connectivity index (χ1n) is 6.65. The van der Waals surface area contributed by atoms with Crippen LogP contribution in [0.5, 0.6) is 0 Å². The number of H-pyrrole nitrogens is 1. The van der Waals surface area contributed by atoms with Crippen molar-refractivity contribution in [3.63, 3.8) is 0 Å². The molecule has 0 aliphatic carbocycles. The van der Waals surface area contributed by atoms with Gasteiger partial charge in [0, 0.05) is 25.7 Å².